The molecule has 0 bridgehead atoms. The van der Waals surface area contributed by atoms with Gasteiger partial charge in [0.15, 0.2) is 5.78 Å². The third kappa shape index (κ3) is 2.93. The van der Waals surface area contributed by atoms with Crippen LogP contribution in [0, 0.1) is 9.39 Å². The van der Waals surface area contributed by atoms with Gasteiger partial charge in [-0.1, -0.05) is 15.9 Å². The average Bonchev–Trinajstić information content (AvgIpc) is 2.32. The van der Waals surface area contributed by atoms with Gasteiger partial charge >= 0.3 is 0 Å². The number of ketones is 1. The Kier molecular flexibility index (Phi) is 3.93. The van der Waals surface area contributed by atoms with Gasteiger partial charge in [-0.3, -0.25) is 4.79 Å². The van der Waals surface area contributed by atoms with Gasteiger partial charge in [0.05, 0.1) is 0 Å². The van der Waals surface area contributed by atoms with Crippen LogP contribution in [-0.2, 0) is 0 Å². The van der Waals surface area contributed by atoms with Gasteiger partial charge in [-0.05, 0) is 65.1 Å². The van der Waals surface area contributed by atoms with Gasteiger partial charge in [-0.25, -0.2) is 4.39 Å². The Labute approximate surface area is 120 Å². The summed E-state index contributed by atoms with van der Waals surface area (Å²) in [7, 11) is 0. The first-order valence-electron chi connectivity index (χ1n) is 4.83. The number of benzene rings is 2. The molecular formula is C13H7BrFIO. The average molecular weight is 405 g/mol. The quantitative estimate of drug-likeness (QED) is 0.534. The van der Waals surface area contributed by atoms with E-state index in [2.05, 4.69) is 38.5 Å². The van der Waals surface area contributed by atoms with E-state index in [0.29, 0.717) is 11.1 Å². The smallest absolute Gasteiger partial charge is 0.194 e. The fraction of sp³-hybridized carbons (Fsp3) is 0. The molecule has 0 unspecified atom stereocenters. The third-order valence-corrected chi connectivity index (χ3v) is 3.71. The molecule has 0 saturated carbocycles. The number of hydrogen-bond acceptors (Lipinski definition) is 1. The van der Waals surface area contributed by atoms with Gasteiger partial charge in [0.1, 0.15) is 5.82 Å². The van der Waals surface area contributed by atoms with Crippen LogP contribution in [0.2, 0.25) is 0 Å². The van der Waals surface area contributed by atoms with E-state index >= 15 is 0 Å². The molecule has 2 aromatic rings. The molecule has 86 valence electrons. The van der Waals surface area contributed by atoms with Crippen LogP contribution in [0.4, 0.5) is 4.39 Å². The topological polar surface area (TPSA) is 17.1 Å². The summed E-state index contributed by atoms with van der Waals surface area (Å²) in [5.74, 6) is -0.443. The Hall–Kier alpha value is -0.750. The van der Waals surface area contributed by atoms with Crippen molar-refractivity contribution in [2.75, 3.05) is 0 Å². The Morgan fingerprint density at radius 1 is 1.12 bits per heavy atom. The van der Waals surface area contributed by atoms with Crippen molar-refractivity contribution in [1.82, 2.24) is 0 Å². The van der Waals surface area contributed by atoms with Gasteiger partial charge in [0.25, 0.3) is 0 Å². The zero-order chi connectivity index (χ0) is 12.4. The second-order valence-corrected chi connectivity index (χ2v) is 5.54. The maximum atomic E-state index is 12.8. The van der Waals surface area contributed by atoms with E-state index in [9.17, 15) is 9.18 Å². The fourth-order valence-electron chi connectivity index (χ4n) is 1.43. The molecule has 0 N–H and O–H groups in total. The van der Waals surface area contributed by atoms with Crippen molar-refractivity contribution < 1.29 is 9.18 Å². The van der Waals surface area contributed by atoms with Gasteiger partial charge in [-0.2, -0.15) is 0 Å². The molecule has 17 heavy (non-hydrogen) atoms. The molecule has 0 aromatic heterocycles. The maximum absolute atomic E-state index is 12.8. The van der Waals surface area contributed by atoms with Crippen LogP contribution in [0.1, 0.15) is 15.9 Å². The molecule has 0 saturated heterocycles. The van der Waals surface area contributed by atoms with Crippen LogP contribution < -0.4 is 0 Å². The van der Waals surface area contributed by atoms with Crippen LogP contribution in [0.15, 0.2) is 46.9 Å². The summed E-state index contributed by atoms with van der Waals surface area (Å²) in [5.41, 5.74) is 1.11. The van der Waals surface area contributed by atoms with Crippen LogP contribution in [-0.4, -0.2) is 5.78 Å². The number of carbonyl (C=O) groups excluding carboxylic acids is 1. The summed E-state index contributed by atoms with van der Waals surface area (Å²) >= 11 is 5.44. The van der Waals surface area contributed by atoms with E-state index in [4.69, 9.17) is 0 Å². The summed E-state index contributed by atoms with van der Waals surface area (Å²) in [5, 5.41) is 0. The van der Waals surface area contributed by atoms with Crippen molar-refractivity contribution in [1.29, 1.82) is 0 Å². The van der Waals surface area contributed by atoms with Crippen LogP contribution in [0.3, 0.4) is 0 Å². The van der Waals surface area contributed by atoms with Crippen LogP contribution in [0.25, 0.3) is 0 Å². The van der Waals surface area contributed by atoms with Crippen LogP contribution >= 0.6 is 38.5 Å². The summed E-state index contributed by atoms with van der Waals surface area (Å²) < 4.78 is 14.5. The molecule has 0 amide bonds. The second kappa shape index (κ2) is 5.27. The van der Waals surface area contributed by atoms with Crippen molar-refractivity contribution in [2.24, 2.45) is 0 Å². The number of carbonyl (C=O) groups is 1. The van der Waals surface area contributed by atoms with E-state index in [-0.39, 0.29) is 11.6 Å². The van der Waals surface area contributed by atoms with Gasteiger partial charge < -0.3 is 0 Å². The lowest BCUT2D eigenvalue weighted by Gasteiger charge is -2.04. The highest BCUT2D eigenvalue weighted by molar-refractivity contribution is 14.1. The predicted octanol–water partition coefficient (Wildman–Crippen LogP) is 4.42. The number of hydrogen-bond donors (Lipinski definition) is 0. The highest BCUT2D eigenvalue weighted by atomic mass is 127. The summed E-state index contributed by atoms with van der Waals surface area (Å²) in [6.45, 7) is 0. The Morgan fingerprint density at radius 3 is 2.41 bits per heavy atom. The first-order valence-corrected chi connectivity index (χ1v) is 6.70. The standard InChI is InChI=1S/C13H7BrFIO/c14-9-3-6-12(16)11(7-9)13(17)8-1-4-10(15)5-2-8/h1-7H. The zero-order valence-electron chi connectivity index (χ0n) is 8.58. The molecule has 0 aliphatic rings. The molecule has 0 aliphatic heterocycles. The molecule has 1 nitrogen and oxygen atoms in total. The number of halogens is 3. The summed E-state index contributed by atoms with van der Waals surface area (Å²) in [6, 6.07) is 11.1. The molecule has 0 fully saturated rings. The summed E-state index contributed by atoms with van der Waals surface area (Å²) in [4.78, 5) is 12.2. The van der Waals surface area contributed by atoms with Crippen molar-refractivity contribution >= 4 is 44.3 Å². The molecule has 0 spiro atoms. The third-order valence-electron chi connectivity index (χ3n) is 2.28. The first-order chi connectivity index (χ1) is 8.08. The predicted molar refractivity (Wildman–Crippen MR) is 76.7 cm³/mol. The Morgan fingerprint density at radius 2 is 1.76 bits per heavy atom. The molecule has 0 atom stereocenters. The molecule has 0 radical (unpaired) electrons. The highest BCUT2D eigenvalue weighted by Gasteiger charge is 2.12. The minimum absolute atomic E-state index is 0.101. The van der Waals surface area contributed by atoms with Crippen molar-refractivity contribution in [3.8, 4) is 0 Å². The lowest BCUT2D eigenvalue weighted by atomic mass is 10.0. The molecule has 0 aliphatic carbocycles. The van der Waals surface area contributed by atoms with Gasteiger partial charge in [-0.15, -0.1) is 0 Å². The van der Waals surface area contributed by atoms with Crippen molar-refractivity contribution in [3.05, 3.63) is 67.5 Å². The van der Waals surface area contributed by atoms with E-state index < -0.39 is 0 Å². The number of rotatable bonds is 2. The monoisotopic (exact) mass is 404 g/mol. The summed E-state index contributed by atoms with van der Waals surface area (Å²) in [6.07, 6.45) is 0. The first kappa shape index (κ1) is 12.7. The molecule has 2 rings (SSSR count). The van der Waals surface area contributed by atoms with E-state index in [0.717, 1.165) is 8.04 Å². The minimum Gasteiger partial charge on any atom is -0.289 e. The van der Waals surface area contributed by atoms with Crippen LogP contribution in [0.5, 0.6) is 0 Å². The molecule has 0 heterocycles. The zero-order valence-corrected chi connectivity index (χ0v) is 12.3. The van der Waals surface area contributed by atoms with E-state index in [1.54, 1.807) is 6.07 Å². The molecule has 2 aromatic carbocycles. The molecular weight excluding hydrogens is 398 g/mol. The Bertz CT molecular complexity index is 566. The maximum Gasteiger partial charge on any atom is 0.194 e. The lowest BCUT2D eigenvalue weighted by molar-refractivity contribution is 0.103. The fourth-order valence-corrected chi connectivity index (χ4v) is 2.37. The van der Waals surface area contributed by atoms with Crippen molar-refractivity contribution in [3.63, 3.8) is 0 Å². The van der Waals surface area contributed by atoms with Gasteiger partial charge in [0.2, 0.25) is 0 Å². The van der Waals surface area contributed by atoms with Gasteiger partial charge in [0, 0.05) is 19.2 Å². The largest absolute Gasteiger partial charge is 0.289 e. The second-order valence-electron chi connectivity index (χ2n) is 3.46. The highest BCUT2D eigenvalue weighted by Crippen LogP contribution is 2.21. The lowest BCUT2D eigenvalue weighted by Crippen LogP contribution is -2.03. The normalized spacial score (nSPS) is 10.3. The van der Waals surface area contributed by atoms with Crippen molar-refractivity contribution in [2.45, 2.75) is 0 Å². The van der Waals surface area contributed by atoms with E-state index in [1.807, 2.05) is 12.1 Å². The Balaban J connectivity index is 2.43. The van der Waals surface area contributed by atoms with E-state index in [1.165, 1.54) is 24.3 Å². The SMILES string of the molecule is O=C(c1ccc(F)cc1)c1cc(Br)ccc1I. The minimum atomic E-state index is -0.342. The molecule has 4 heteroatoms.